The van der Waals surface area contributed by atoms with E-state index in [9.17, 15) is 9.90 Å². The van der Waals surface area contributed by atoms with Crippen LogP contribution in [0.15, 0.2) is 24.3 Å². The lowest BCUT2D eigenvalue weighted by Gasteiger charge is -2.25. The summed E-state index contributed by atoms with van der Waals surface area (Å²) >= 11 is 0. The molecule has 1 aromatic rings. The Bertz CT molecular complexity index is 491. The number of Topliss-reactive ketones (excluding diaryl/α,β-unsaturated/α-hetero) is 1. The fraction of sp³-hybridized carbons (Fsp3) is 0.471. The molecule has 3 atom stereocenters. The highest BCUT2D eigenvalue weighted by Gasteiger charge is 2.26. The fourth-order valence-electron chi connectivity index (χ4n) is 2.29. The van der Waals surface area contributed by atoms with Crippen LogP contribution < -0.4 is 0 Å². The van der Waals surface area contributed by atoms with Gasteiger partial charge in [0.25, 0.3) is 0 Å². The molecule has 3 unspecified atom stereocenters. The van der Waals surface area contributed by atoms with Crippen LogP contribution in [-0.2, 0) is 4.79 Å². The van der Waals surface area contributed by atoms with Gasteiger partial charge in [-0.1, -0.05) is 49.8 Å². The number of rotatable bonds is 6. The molecule has 0 bridgehead atoms. The maximum absolute atomic E-state index is 11.4. The number of aliphatic hydroxyl groups is 2. The van der Waals surface area contributed by atoms with E-state index in [2.05, 4.69) is 0 Å². The molecule has 3 heteroatoms. The van der Waals surface area contributed by atoms with Gasteiger partial charge in [-0.15, -0.1) is 0 Å². The molecule has 110 valence electrons. The summed E-state index contributed by atoms with van der Waals surface area (Å²) in [4.78, 5) is 11.4. The molecule has 1 rings (SSSR count). The third-order valence-electron chi connectivity index (χ3n) is 3.80. The van der Waals surface area contributed by atoms with Crippen molar-refractivity contribution in [1.82, 2.24) is 0 Å². The third-order valence-corrected chi connectivity index (χ3v) is 3.80. The van der Waals surface area contributed by atoms with Gasteiger partial charge in [-0.2, -0.15) is 0 Å². The second-order valence-corrected chi connectivity index (χ2v) is 5.40. The van der Waals surface area contributed by atoms with Crippen LogP contribution in [0.4, 0.5) is 0 Å². The normalized spacial score (nSPS) is 16.1. The van der Waals surface area contributed by atoms with E-state index in [4.69, 9.17) is 5.11 Å². The number of carbonyl (C=O) groups excluding carboxylic acids is 1. The van der Waals surface area contributed by atoms with Crippen molar-refractivity contribution in [3.05, 3.63) is 41.0 Å². The fourth-order valence-corrected chi connectivity index (χ4v) is 2.29. The number of carbonyl (C=O) groups is 1. The van der Waals surface area contributed by atoms with Crippen LogP contribution in [0.2, 0.25) is 0 Å². The van der Waals surface area contributed by atoms with Crippen LogP contribution in [0.1, 0.15) is 43.4 Å². The monoisotopic (exact) mass is 276 g/mol. The maximum atomic E-state index is 11.4. The van der Waals surface area contributed by atoms with E-state index in [1.165, 1.54) is 6.92 Å². The molecule has 0 fully saturated rings. The van der Waals surface area contributed by atoms with Crippen molar-refractivity contribution in [1.29, 1.82) is 0 Å². The zero-order valence-corrected chi connectivity index (χ0v) is 12.6. The van der Waals surface area contributed by atoms with Crippen molar-refractivity contribution in [2.24, 2.45) is 5.92 Å². The number of aryl methyl sites for hydroxylation is 1. The van der Waals surface area contributed by atoms with Crippen LogP contribution in [-0.4, -0.2) is 28.7 Å². The van der Waals surface area contributed by atoms with Gasteiger partial charge in [0.15, 0.2) is 0 Å². The molecule has 3 nitrogen and oxygen atoms in total. The summed E-state index contributed by atoms with van der Waals surface area (Å²) < 4.78 is 0. The van der Waals surface area contributed by atoms with Crippen molar-refractivity contribution >= 4 is 11.9 Å². The highest BCUT2D eigenvalue weighted by atomic mass is 16.3. The number of hydrogen-bond acceptors (Lipinski definition) is 3. The SMILES string of the molecule is CC(=O)C(C)C(O)C(C)c1ccc(C)cc1/C=C/CO. The first-order valence-corrected chi connectivity index (χ1v) is 6.95. The molecular weight excluding hydrogens is 252 g/mol. The third kappa shape index (κ3) is 4.02. The van der Waals surface area contributed by atoms with Crippen molar-refractivity contribution in [3.63, 3.8) is 0 Å². The van der Waals surface area contributed by atoms with E-state index in [0.29, 0.717) is 0 Å². The van der Waals surface area contributed by atoms with Gasteiger partial charge >= 0.3 is 0 Å². The zero-order valence-electron chi connectivity index (χ0n) is 12.6. The van der Waals surface area contributed by atoms with Crippen LogP contribution in [0.25, 0.3) is 6.08 Å². The lowest BCUT2D eigenvalue weighted by atomic mass is 9.83. The Hall–Kier alpha value is -1.45. The Balaban J connectivity index is 3.11. The zero-order chi connectivity index (χ0) is 15.3. The molecule has 0 aliphatic carbocycles. The molecule has 0 spiro atoms. The number of ketones is 1. The van der Waals surface area contributed by atoms with Crippen LogP contribution >= 0.6 is 0 Å². The summed E-state index contributed by atoms with van der Waals surface area (Å²) in [6.07, 6.45) is 2.81. The molecule has 0 saturated carbocycles. The minimum Gasteiger partial charge on any atom is -0.392 e. The maximum Gasteiger partial charge on any atom is 0.135 e. The van der Waals surface area contributed by atoms with Crippen LogP contribution in [0.3, 0.4) is 0 Å². The Labute approximate surface area is 121 Å². The summed E-state index contributed by atoms with van der Waals surface area (Å²) in [5.41, 5.74) is 3.08. The molecular formula is C17H24O3. The highest BCUT2D eigenvalue weighted by molar-refractivity contribution is 5.78. The average Bonchev–Trinajstić information content (AvgIpc) is 2.42. The number of benzene rings is 1. The number of hydrogen-bond donors (Lipinski definition) is 2. The molecule has 2 N–H and O–H groups in total. The molecule has 0 aliphatic heterocycles. The molecule has 0 radical (unpaired) electrons. The first-order chi connectivity index (χ1) is 9.38. The van der Waals surface area contributed by atoms with Gasteiger partial charge in [0.1, 0.15) is 5.78 Å². The van der Waals surface area contributed by atoms with Gasteiger partial charge in [0, 0.05) is 11.8 Å². The van der Waals surface area contributed by atoms with Crippen LogP contribution in [0.5, 0.6) is 0 Å². The van der Waals surface area contributed by atoms with E-state index >= 15 is 0 Å². The molecule has 1 aromatic carbocycles. The molecule has 20 heavy (non-hydrogen) atoms. The Morgan fingerprint density at radius 3 is 2.55 bits per heavy atom. The predicted octanol–water partition coefficient (Wildman–Crippen LogP) is 2.69. The second-order valence-electron chi connectivity index (χ2n) is 5.40. The lowest BCUT2D eigenvalue weighted by molar-refractivity contribution is -0.123. The molecule has 0 saturated heterocycles. The smallest absolute Gasteiger partial charge is 0.135 e. The van der Waals surface area contributed by atoms with E-state index in [0.717, 1.165) is 16.7 Å². The summed E-state index contributed by atoms with van der Waals surface area (Å²) in [5, 5.41) is 19.3. The van der Waals surface area contributed by atoms with Gasteiger partial charge < -0.3 is 10.2 Å². The van der Waals surface area contributed by atoms with Gasteiger partial charge in [0.05, 0.1) is 12.7 Å². The van der Waals surface area contributed by atoms with Gasteiger partial charge in [-0.25, -0.2) is 0 Å². The summed E-state index contributed by atoms with van der Waals surface area (Å²) in [7, 11) is 0. The topological polar surface area (TPSA) is 57.5 Å². The predicted molar refractivity (Wildman–Crippen MR) is 81.6 cm³/mol. The van der Waals surface area contributed by atoms with Crippen LogP contribution in [0, 0.1) is 12.8 Å². The summed E-state index contributed by atoms with van der Waals surface area (Å²) in [6.45, 7) is 7.15. The molecule has 0 aromatic heterocycles. The molecule has 0 aliphatic rings. The van der Waals surface area contributed by atoms with E-state index in [1.807, 2.05) is 38.1 Å². The average molecular weight is 276 g/mol. The van der Waals surface area contributed by atoms with Crippen molar-refractivity contribution in [2.45, 2.75) is 39.7 Å². The number of aliphatic hydroxyl groups excluding tert-OH is 2. The molecule has 0 amide bonds. The first-order valence-electron chi connectivity index (χ1n) is 6.95. The largest absolute Gasteiger partial charge is 0.392 e. The molecule has 0 heterocycles. The summed E-state index contributed by atoms with van der Waals surface area (Å²) in [6, 6.07) is 5.99. The van der Waals surface area contributed by atoms with E-state index in [1.54, 1.807) is 13.0 Å². The quantitative estimate of drug-likeness (QED) is 0.840. The van der Waals surface area contributed by atoms with Crippen molar-refractivity contribution in [3.8, 4) is 0 Å². The minimum absolute atomic E-state index is 0.0103. The van der Waals surface area contributed by atoms with Gasteiger partial charge in [0.2, 0.25) is 0 Å². The Morgan fingerprint density at radius 1 is 1.35 bits per heavy atom. The Kier molecular flexibility index (Phi) is 6.11. The van der Waals surface area contributed by atoms with E-state index < -0.39 is 6.10 Å². The highest BCUT2D eigenvalue weighted by Crippen LogP contribution is 2.28. The van der Waals surface area contributed by atoms with E-state index in [-0.39, 0.29) is 24.2 Å². The lowest BCUT2D eigenvalue weighted by Crippen LogP contribution is -2.29. The second kappa shape index (κ2) is 7.36. The summed E-state index contributed by atoms with van der Waals surface area (Å²) in [5.74, 6) is -0.544. The first kappa shape index (κ1) is 16.6. The van der Waals surface area contributed by atoms with Crippen molar-refractivity contribution < 1.29 is 15.0 Å². The van der Waals surface area contributed by atoms with Crippen molar-refractivity contribution in [2.75, 3.05) is 6.61 Å². The standard InChI is InChI=1S/C17H24O3/c1-11-7-8-16(15(10-11)6-5-9-18)13(3)17(20)12(2)14(4)19/h5-8,10,12-13,17-18,20H,9H2,1-4H3/b6-5+. The van der Waals surface area contributed by atoms with Gasteiger partial charge in [-0.3, -0.25) is 4.79 Å². The van der Waals surface area contributed by atoms with Gasteiger partial charge in [-0.05, 0) is 25.0 Å². The minimum atomic E-state index is -0.712. The Morgan fingerprint density at radius 2 is 2.00 bits per heavy atom.